The summed E-state index contributed by atoms with van der Waals surface area (Å²) in [5, 5.41) is 3.08. The van der Waals surface area contributed by atoms with Crippen LogP contribution in [0.4, 0.5) is 5.69 Å². The summed E-state index contributed by atoms with van der Waals surface area (Å²) in [5.41, 5.74) is 3.40. The fourth-order valence-corrected chi connectivity index (χ4v) is 2.11. The molecule has 1 saturated carbocycles. The van der Waals surface area contributed by atoms with Gasteiger partial charge in [-0.15, -0.1) is 0 Å². The van der Waals surface area contributed by atoms with Gasteiger partial charge in [0.2, 0.25) is 5.91 Å². The lowest BCUT2D eigenvalue weighted by Crippen LogP contribution is -2.16. The van der Waals surface area contributed by atoms with Crippen molar-refractivity contribution in [3.8, 4) is 0 Å². The Kier molecular flexibility index (Phi) is 2.99. The van der Waals surface area contributed by atoms with Crippen LogP contribution in [-0.4, -0.2) is 5.91 Å². The van der Waals surface area contributed by atoms with Crippen LogP contribution in [0.25, 0.3) is 0 Å². The fourth-order valence-electron chi connectivity index (χ4n) is 2.11. The smallest absolute Gasteiger partial charge is 0.227 e. The van der Waals surface area contributed by atoms with Crippen LogP contribution in [0.3, 0.4) is 0 Å². The summed E-state index contributed by atoms with van der Waals surface area (Å²) in [5.74, 6) is 0.995. The van der Waals surface area contributed by atoms with E-state index in [9.17, 15) is 4.79 Å². The van der Waals surface area contributed by atoms with Crippen LogP contribution >= 0.6 is 0 Å². The van der Waals surface area contributed by atoms with Gasteiger partial charge in [0, 0.05) is 11.6 Å². The molecule has 0 heterocycles. The van der Waals surface area contributed by atoms with Crippen LogP contribution in [-0.2, 0) is 11.2 Å². The number of benzene rings is 1. The molecule has 2 heteroatoms. The molecule has 0 spiro atoms. The van der Waals surface area contributed by atoms with Crippen LogP contribution in [0.1, 0.15) is 31.4 Å². The van der Waals surface area contributed by atoms with E-state index in [1.165, 1.54) is 5.56 Å². The second kappa shape index (κ2) is 4.28. The van der Waals surface area contributed by atoms with Crippen LogP contribution in [0.5, 0.6) is 0 Å². The van der Waals surface area contributed by atoms with Crippen molar-refractivity contribution in [3.05, 3.63) is 29.3 Å². The standard InChI is InChI=1S/C14H19NO/c1-4-11-7-5-6-9(2)13(11)15-14(16)12-8-10(12)3/h5-7,10,12H,4,8H2,1-3H3,(H,15,16). The summed E-state index contributed by atoms with van der Waals surface area (Å²) < 4.78 is 0. The Hall–Kier alpha value is -1.31. The van der Waals surface area contributed by atoms with Gasteiger partial charge < -0.3 is 5.32 Å². The zero-order valence-electron chi connectivity index (χ0n) is 10.2. The highest BCUT2D eigenvalue weighted by Crippen LogP contribution is 2.38. The Bertz CT molecular complexity index is 411. The van der Waals surface area contributed by atoms with E-state index in [4.69, 9.17) is 0 Å². The van der Waals surface area contributed by atoms with Crippen LogP contribution < -0.4 is 5.32 Å². The largest absolute Gasteiger partial charge is 0.325 e. The third-order valence-corrected chi connectivity index (χ3v) is 3.43. The van der Waals surface area contributed by atoms with Crippen molar-refractivity contribution in [2.45, 2.75) is 33.6 Å². The van der Waals surface area contributed by atoms with Crippen molar-refractivity contribution >= 4 is 11.6 Å². The fraction of sp³-hybridized carbons (Fsp3) is 0.500. The predicted octanol–water partition coefficient (Wildman–Crippen LogP) is 3.15. The molecule has 1 aromatic rings. The molecule has 1 aliphatic carbocycles. The van der Waals surface area contributed by atoms with E-state index in [0.717, 1.165) is 24.1 Å². The topological polar surface area (TPSA) is 29.1 Å². The molecule has 1 aromatic carbocycles. The molecular weight excluding hydrogens is 198 g/mol. The van der Waals surface area contributed by atoms with Gasteiger partial charge >= 0.3 is 0 Å². The highest BCUT2D eigenvalue weighted by Gasteiger charge is 2.39. The van der Waals surface area contributed by atoms with Crippen molar-refractivity contribution in [2.75, 3.05) is 5.32 Å². The third-order valence-electron chi connectivity index (χ3n) is 3.43. The van der Waals surface area contributed by atoms with Crippen molar-refractivity contribution in [3.63, 3.8) is 0 Å². The lowest BCUT2D eigenvalue weighted by molar-refractivity contribution is -0.117. The first-order valence-electron chi connectivity index (χ1n) is 6.02. The van der Waals surface area contributed by atoms with E-state index >= 15 is 0 Å². The minimum absolute atomic E-state index is 0.191. The van der Waals surface area contributed by atoms with Gasteiger partial charge in [-0.1, -0.05) is 32.0 Å². The van der Waals surface area contributed by atoms with Gasteiger partial charge in [0.1, 0.15) is 0 Å². The van der Waals surface area contributed by atoms with Gasteiger partial charge in [-0.2, -0.15) is 0 Å². The maximum Gasteiger partial charge on any atom is 0.227 e. The number of anilines is 1. The molecule has 0 aliphatic heterocycles. The number of aryl methyl sites for hydroxylation is 2. The third kappa shape index (κ3) is 2.11. The number of carbonyl (C=O) groups excluding carboxylic acids is 1. The van der Waals surface area contributed by atoms with Crippen LogP contribution in [0, 0.1) is 18.8 Å². The lowest BCUT2D eigenvalue weighted by atomic mass is 10.1. The normalized spacial score (nSPS) is 22.9. The summed E-state index contributed by atoms with van der Waals surface area (Å²) in [6.45, 7) is 6.29. The number of hydrogen-bond donors (Lipinski definition) is 1. The average Bonchev–Trinajstić information content (AvgIpc) is 2.98. The molecule has 0 radical (unpaired) electrons. The van der Waals surface area contributed by atoms with Crippen molar-refractivity contribution in [1.29, 1.82) is 0 Å². The monoisotopic (exact) mass is 217 g/mol. The van der Waals surface area contributed by atoms with Crippen molar-refractivity contribution in [1.82, 2.24) is 0 Å². The first-order chi connectivity index (χ1) is 7.63. The Morgan fingerprint density at radius 2 is 2.19 bits per heavy atom. The highest BCUT2D eigenvalue weighted by molar-refractivity contribution is 5.95. The van der Waals surface area contributed by atoms with Crippen LogP contribution in [0.15, 0.2) is 18.2 Å². The molecule has 0 saturated heterocycles. The zero-order valence-corrected chi connectivity index (χ0v) is 10.2. The molecule has 0 bridgehead atoms. The summed E-state index contributed by atoms with van der Waals surface area (Å²) in [7, 11) is 0. The predicted molar refractivity (Wildman–Crippen MR) is 66.5 cm³/mol. The number of amides is 1. The summed E-state index contributed by atoms with van der Waals surface area (Å²) in [6.07, 6.45) is 2.00. The molecule has 2 rings (SSSR count). The van der Waals surface area contributed by atoms with E-state index in [2.05, 4.69) is 25.2 Å². The minimum atomic E-state index is 0.191. The van der Waals surface area contributed by atoms with Gasteiger partial charge in [0.15, 0.2) is 0 Å². The molecule has 1 amide bonds. The molecule has 2 atom stereocenters. The first kappa shape index (κ1) is 11.2. The molecular formula is C14H19NO. The number of para-hydroxylation sites is 1. The van der Waals surface area contributed by atoms with Crippen LogP contribution in [0.2, 0.25) is 0 Å². The Morgan fingerprint density at radius 3 is 2.75 bits per heavy atom. The maximum absolute atomic E-state index is 11.9. The van der Waals surface area contributed by atoms with E-state index in [-0.39, 0.29) is 11.8 Å². The van der Waals surface area contributed by atoms with Gasteiger partial charge in [-0.25, -0.2) is 0 Å². The summed E-state index contributed by atoms with van der Waals surface area (Å²) in [4.78, 5) is 11.9. The molecule has 1 fully saturated rings. The summed E-state index contributed by atoms with van der Waals surface area (Å²) in [6, 6.07) is 6.17. The molecule has 2 nitrogen and oxygen atoms in total. The molecule has 1 N–H and O–H groups in total. The number of hydrogen-bond acceptors (Lipinski definition) is 1. The van der Waals surface area contributed by atoms with E-state index in [0.29, 0.717) is 5.92 Å². The summed E-state index contributed by atoms with van der Waals surface area (Å²) >= 11 is 0. The number of nitrogens with one attached hydrogen (secondary N) is 1. The quantitative estimate of drug-likeness (QED) is 0.828. The zero-order chi connectivity index (χ0) is 11.7. The molecule has 1 aliphatic rings. The Balaban J connectivity index is 2.17. The lowest BCUT2D eigenvalue weighted by Gasteiger charge is -2.12. The Morgan fingerprint density at radius 1 is 1.50 bits per heavy atom. The average molecular weight is 217 g/mol. The van der Waals surface area contributed by atoms with Gasteiger partial charge in [-0.3, -0.25) is 4.79 Å². The number of carbonyl (C=O) groups is 1. The SMILES string of the molecule is CCc1cccc(C)c1NC(=O)C1CC1C. The molecule has 86 valence electrons. The van der Waals surface area contributed by atoms with E-state index in [1.807, 2.05) is 19.1 Å². The van der Waals surface area contributed by atoms with Gasteiger partial charge in [0.25, 0.3) is 0 Å². The Labute approximate surface area is 97.1 Å². The van der Waals surface area contributed by atoms with Crippen molar-refractivity contribution < 1.29 is 4.79 Å². The molecule has 2 unspecified atom stereocenters. The second-order valence-corrected chi connectivity index (χ2v) is 4.77. The number of rotatable bonds is 3. The highest BCUT2D eigenvalue weighted by atomic mass is 16.2. The van der Waals surface area contributed by atoms with Gasteiger partial charge in [0.05, 0.1) is 0 Å². The van der Waals surface area contributed by atoms with E-state index in [1.54, 1.807) is 0 Å². The molecule has 16 heavy (non-hydrogen) atoms. The second-order valence-electron chi connectivity index (χ2n) is 4.77. The minimum Gasteiger partial charge on any atom is -0.325 e. The van der Waals surface area contributed by atoms with Gasteiger partial charge in [-0.05, 0) is 36.8 Å². The molecule has 0 aromatic heterocycles. The first-order valence-corrected chi connectivity index (χ1v) is 6.02. The maximum atomic E-state index is 11.9. The van der Waals surface area contributed by atoms with E-state index < -0.39 is 0 Å². The van der Waals surface area contributed by atoms with Crippen molar-refractivity contribution in [2.24, 2.45) is 11.8 Å².